The first-order valence-corrected chi connectivity index (χ1v) is 13.5. The highest BCUT2D eigenvalue weighted by atomic mass is 19.3. The van der Waals surface area contributed by atoms with Gasteiger partial charge in [-0.1, -0.05) is 30.3 Å². The van der Waals surface area contributed by atoms with Crippen molar-refractivity contribution in [2.75, 3.05) is 26.3 Å². The van der Waals surface area contributed by atoms with Gasteiger partial charge in [-0.15, -0.1) is 0 Å². The van der Waals surface area contributed by atoms with E-state index in [-0.39, 0.29) is 18.5 Å². The van der Waals surface area contributed by atoms with Crippen LogP contribution in [0.15, 0.2) is 72.9 Å². The first kappa shape index (κ1) is 24.7. The summed E-state index contributed by atoms with van der Waals surface area (Å²) in [5.74, 6) is 1.08. The molecule has 0 radical (unpaired) electrons. The lowest BCUT2D eigenvalue weighted by atomic mass is 9.87. The maximum Gasteiger partial charge on any atom is 0.172 e. The van der Waals surface area contributed by atoms with Gasteiger partial charge in [-0.3, -0.25) is 14.2 Å². The average Bonchev–Trinajstić information content (AvgIpc) is 3.57. The third-order valence-electron chi connectivity index (χ3n) is 7.81. The molecule has 1 fully saturated rings. The van der Waals surface area contributed by atoms with Crippen LogP contribution in [0.25, 0.3) is 22.0 Å². The number of fused-ring (bicyclic) bond motifs is 2. The highest BCUT2D eigenvalue weighted by Crippen LogP contribution is 2.42. The number of halogens is 2. The molecule has 0 amide bonds. The second kappa shape index (κ2) is 11.0. The van der Waals surface area contributed by atoms with E-state index in [9.17, 15) is 8.92 Å². The Hall–Kier alpha value is -3.64. The molecule has 4 nitrogen and oxygen atoms in total. The highest BCUT2D eigenvalue weighted by molar-refractivity contribution is 6.05. The van der Waals surface area contributed by atoms with Crippen LogP contribution < -0.4 is 9.68 Å². The van der Waals surface area contributed by atoms with Crippen molar-refractivity contribution >= 4 is 22.0 Å². The summed E-state index contributed by atoms with van der Waals surface area (Å²) < 4.78 is 31.9. The molecule has 2 aliphatic rings. The van der Waals surface area contributed by atoms with Gasteiger partial charge in [0, 0.05) is 41.3 Å². The number of aromatic nitrogens is 1. The van der Waals surface area contributed by atoms with E-state index in [1.54, 1.807) is 6.07 Å². The number of aromatic amines is 1. The van der Waals surface area contributed by atoms with Crippen LogP contribution >= 0.6 is 0 Å². The number of nitrogens with zero attached hydrogens (tertiary/aromatic N) is 1. The molecular formula is C32H32F2N2O2. The predicted molar refractivity (Wildman–Crippen MR) is 148 cm³/mol. The van der Waals surface area contributed by atoms with Crippen molar-refractivity contribution in [3.63, 3.8) is 0 Å². The zero-order valence-electron chi connectivity index (χ0n) is 21.4. The molecule has 1 atom stereocenters. The molecule has 38 heavy (non-hydrogen) atoms. The number of allylic oxidation sites excluding steroid dienone is 1. The standard InChI is InChI=1S/C32H32F2N2O2/c33-16-3-18-36-19-15-26(21-36)37-24-10-8-22(9-11-24)32-27-13-12-25(38-34)20-23(27)4-1-6-30(32)28-5-2-7-31-29(28)14-17-35-31/h2,5,7-14,17,20,26,35H,1,3-4,6,15-16,18-19,21H2. The molecule has 1 saturated heterocycles. The molecular weight excluding hydrogens is 482 g/mol. The van der Waals surface area contributed by atoms with Crippen molar-refractivity contribution in [1.82, 2.24) is 9.88 Å². The summed E-state index contributed by atoms with van der Waals surface area (Å²) in [6, 6.07) is 22.4. The van der Waals surface area contributed by atoms with E-state index in [2.05, 4.69) is 51.2 Å². The fraction of sp³-hybridized carbons (Fsp3) is 0.312. The first-order valence-electron chi connectivity index (χ1n) is 13.5. The number of rotatable bonds is 8. The first-order chi connectivity index (χ1) is 18.7. The molecule has 4 aromatic rings. The smallest absolute Gasteiger partial charge is 0.172 e. The number of likely N-dealkylation sites (tertiary alicyclic amines) is 1. The third-order valence-corrected chi connectivity index (χ3v) is 7.81. The molecule has 0 spiro atoms. The minimum absolute atomic E-state index is 0.124. The van der Waals surface area contributed by atoms with Gasteiger partial charge in [-0.25, -0.2) is 0 Å². The van der Waals surface area contributed by atoms with Gasteiger partial charge in [-0.2, -0.15) is 0 Å². The van der Waals surface area contributed by atoms with Crippen molar-refractivity contribution < 1.29 is 18.6 Å². The summed E-state index contributed by atoms with van der Waals surface area (Å²) in [5, 5.41) is 1.20. The van der Waals surface area contributed by atoms with Crippen molar-refractivity contribution in [3.8, 4) is 11.5 Å². The van der Waals surface area contributed by atoms with E-state index in [1.165, 1.54) is 22.1 Å². The van der Waals surface area contributed by atoms with Crippen LogP contribution in [0.1, 0.15) is 47.9 Å². The van der Waals surface area contributed by atoms with Crippen LogP contribution in [0.2, 0.25) is 0 Å². The Morgan fingerprint density at radius 1 is 0.947 bits per heavy atom. The van der Waals surface area contributed by atoms with Crippen LogP contribution in [0.4, 0.5) is 8.92 Å². The monoisotopic (exact) mass is 514 g/mol. The Kier molecular flexibility index (Phi) is 7.14. The van der Waals surface area contributed by atoms with Gasteiger partial charge in [0.1, 0.15) is 11.9 Å². The minimum atomic E-state index is -0.273. The lowest BCUT2D eigenvalue weighted by molar-refractivity contribution is -0.00629. The van der Waals surface area contributed by atoms with Gasteiger partial charge in [0.15, 0.2) is 5.75 Å². The molecule has 0 saturated carbocycles. The van der Waals surface area contributed by atoms with Crippen molar-refractivity contribution in [1.29, 1.82) is 0 Å². The molecule has 6 rings (SSSR count). The zero-order chi connectivity index (χ0) is 25.9. The van der Waals surface area contributed by atoms with Gasteiger partial charge < -0.3 is 9.72 Å². The number of ether oxygens (including phenoxy) is 1. The maximum absolute atomic E-state index is 13.0. The van der Waals surface area contributed by atoms with Crippen molar-refractivity contribution in [2.24, 2.45) is 0 Å². The summed E-state index contributed by atoms with van der Waals surface area (Å²) in [6.07, 6.45) is 6.37. The van der Waals surface area contributed by atoms with Crippen molar-refractivity contribution in [2.45, 2.75) is 38.2 Å². The summed E-state index contributed by atoms with van der Waals surface area (Å²) in [7, 11) is 0. The maximum atomic E-state index is 13.0. The highest BCUT2D eigenvalue weighted by Gasteiger charge is 2.25. The van der Waals surface area contributed by atoms with E-state index in [0.29, 0.717) is 6.42 Å². The molecule has 6 heteroatoms. The second-order valence-corrected chi connectivity index (χ2v) is 10.2. The van der Waals surface area contributed by atoms with Crippen LogP contribution in [-0.2, 0) is 6.42 Å². The van der Waals surface area contributed by atoms with Crippen LogP contribution in [-0.4, -0.2) is 42.3 Å². The van der Waals surface area contributed by atoms with Crippen LogP contribution in [0, 0.1) is 0 Å². The summed E-state index contributed by atoms with van der Waals surface area (Å²) in [5.41, 5.74) is 8.09. The quantitative estimate of drug-likeness (QED) is 0.264. The molecule has 196 valence electrons. The van der Waals surface area contributed by atoms with E-state index >= 15 is 0 Å². The molecule has 1 aliphatic heterocycles. The number of alkyl halides is 1. The van der Waals surface area contributed by atoms with Gasteiger partial charge in [0.25, 0.3) is 0 Å². The minimum Gasteiger partial charge on any atom is -0.489 e. The largest absolute Gasteiger partial charge is 0.489 e. The Bertz CT molecular complexity index is 1440. The fourth-order valence-corrected chi connectivity index (χ4v) is 6.03. The fourth-order valence-electron chi connectivity index (χ4n) is 6.03. The van der Waals surface area contributed by atoms with Gasteiger partial charge in [0.2, 0.25) is 0 Å². The summed E-state index contributed by atoms with van der Waals surface area (Å²) in [4.78, 5) is 9.68. The topological polar surface area (TPSA) is 37.5 Å². The average molecular weight is 515 g/mol. The number of hydrogen-bond acceptors (Lipinski definition) is 3. The normalized spacial score (nSPS) is 18.0. The molecule has 1 aliphatic carbocycles. The molecule has 1 aromatic heterocycles. The second-order valence-electron chi connectivity index (χ2n) is 10.2. The Labute approximate surface area is 221 Å². The zero-order valence-corrected chi connectivity index (χ0v) is 21.4. The Balaban J connectivity index is 1.38. The number of hydrogen-bond donors (Lipinski definition) is 1. The van der Waals surface area contributed by atoms with Gasteiger partial charge in [0.05, 0.1) is 6.67 Å². The van der Waals surface area contributed by atoms with Crippen molar-refractivity contribution in [3.05, 3.63) is 95.2 Å². The predicted octanol–water partition coefficient (Wildman–Crippen LogP) is 7.54. The summed E-state index contributed by atoms with van der Waals surface area (Å²) >= 11 is 0. The van der Waals surface area contributed by atoms with Gasteiger partial charge >= 0.3 is 0 Å². The van der Waals surface area contributed by atoms with E-state index < -0.39 is 0 Å². The van der Waals surface area contributed by atoms with E-state index in [1.807, 2.05) is 30.5 Å². The third kappa shape index (κ3) is 4.93. The summed E-state index contributed by atoms with van der Waals surface area (Å²) in [6.45, 7) is 2.30. The number of benzene rings is 3. The SMILES string of the molecule is FCCCN1CCC(Oc2ccc(C3=C(c4cccc5[nH]ccc45)CCCc4cc(OF)ccc43)cc2)C1. The van der Waals surface area contributed by atoms with E-state index in [4.69, 9.17) is 4.74 Å². The van der Waals surface area contributed by atoms with Crippen LogP contribution in [0.5, 0.6) is 11.5 Å². The Morgan fingerprint density at radius 3 is 2.66 bits per heavy atom. The lowest BCUT2D eigenvalue weighted by Crippen LogP contribution is -2.26. The number of nitrogens with one attached hydrogen (secondary N) is 1. The molecule has 0 bridgehead atoms. The number of aryl methyl sites for hydroxylation is 1. The van der Waals surface area contributed by atoms with E-state index in [0.717, 1.165) is 73.3 Å². The lowest BCUT2D eigenvalue weighted by Gasteiger charge is -2.19. The molecule has 3 aromatic carbocycles. The Morgan fingerprint density at radius 2 is 1.82 bits per heavy atom. The molecule has 2 heterocycles. The number of H-pyrrole nitrogens is 1. The molecule has 1 N–H and O–H groups in total. The van der Waals surface area contributed by atoms with Gasteiger partial charge in [-0.05, 0) is 102 Å². The molecule has 1 unspecified atom stereocenters. The van der Waals surface area contributed by atoms with Crippen LogP contribution in [0.3, 0.4) is 0 Å².